The van der Waals surface area contributed by atoms with Gasteiger partial charge in [-0.2, -0.15) is 0 Å². The molecule has 1 aliphatic rings. The molecule has 9 nitrogen and oxygen atoms in total. The highest BCUT2D eigenvalue weighted by molar-refractivity contribution is 7.82. The number of amides is 1. The fourth-order valence-electron chi connectivity index (χ4n) is 2.54. The highest BCUT2D eigenvalue weighted by Gasteiger charge is 2.38. The van der Waals surface area contributed by atoms with Crippen molar-refractivity contribution in [3.05, 3.63) is 40.4 Å². The summed E-state index contributed by atoms with van der Waals surface area (Å²) in [4.78, 5) is 27.6. The standard InChI is InChI=1S/C14H12BN3O6S2/c19-12(10(18-23)8-5-26-14(25)16-8)17-9-4-6-2-1-3-7(13(20)21)11(6)24-15(9)22/h1-3,5,9,22-23H,4H2,(H,16,25)(H,17,19)(H,20,21)/b18-10-/t9-/m0/s1. The van der Waals surface area contributed by atoms with Gasteiger partial charge in [-0.1, -0.05) is 17.3 Å². The molecule has 0 aliphatic carbocycles. The average Bonchev–Trinajstić information content (AvgIpc) is 3.01. The zero-order valence-corrected chi connectivity index (χ0v) is 14.7. The molecule has 26 heavy (non-hydrogen) atoms. The average molecular weight is 393 g/mol. The quantitative estimate of drug-likeness (QED) is 0.167. The monoisotopic (exact) mass is 393 g/mol. The summed E-state index contributed by atoms with van der Waals surface area (Å²) in [7, 11) is -1.47. The molecule has 0 unspecified atom stereocenters. The van der Waals surface area contributed by atoms with Gasteiger partial charge in [0.2, 0.25) is 0 Å². The first-order valence-electron chi connectivity index (χ1n) is 7.28. The molecule has 0 radical (unpaired) electrons. The number of nitrogens with one attached hydrogen (secondary N) is 1. The molecular weight excluding hydrogens is 381 g/mol. The maximum atomic E-state index is 12.4. The lowest BCUT2D eigenvalue weighted by Crippen LogP contribution is -2.54. The number of nitrogens with zero attached hydrogens (tertiary/aromatic N) is 2. The number of aromatic carboxylic acids is 1. The molecule has 1 aliphatic heterocycles. The van der Waals surface area contributed by atoms with Gasteiger partial charge in [-0.3, -0.25) is 4.79 Å². The maximum absolute atomic E-state index is 12.4. The van der Waals surface area contributed by atoms with Crippen LogP contribution in [0.1, 0.15) is 21.6 Å². The summed E-state index contributed by atoms with van der Waals surface area (Å²) in [6, 6.07) is 4.55. The summed E-state index contributed by atoms with van der Waals surface area (Å²) in [5.41, 5.74) is 0.251. The second-order valence-corrected chi connectivity index (χ2v) is 6.94. The zero-order valence-electron chi connectivity index (χ0n) is 13.0. The summed E-state index contributed by atoms with van der Waals surface area (Å²) in [6.45, 7) is 0. The Morgan fingerprint density at radius 2 is 2.23 bits per heavy atom. The minimum Gasteiger partial charge on any atom is -0.534 e. The molecule has 12 heteroatoms. The van der Waals surface area contributed by atoms with Gasteiger partial charge in [0, 0.05) is 5.38 Å². The highest BCUT2D eigenvalue weighted by atomic mass is 32.2. The third-order valence-electron chi connectivity index (χ3n) is 3.72. The van der Waals surface area contributed by atoms with E-state index in [4.69, 9.17) is 9.86 Å². The van der Waals surface area contributed by atoms with Gasteiger partial charge in [0.15, 0.2) is 5.71 Å². The number of hydrogen-bond donors (Lipinski definition) is 5. The lowest BCUT2D eigenvalue weighted by Gasteiger charge is -2.28. The van der Waals surface area contributed by atoms with Crippen molar-refractivity contribution >= 4 is 48.7 Å². The Balaban J connectivity index is 1.80. The van der Waals surface area contributed by atoms with Crippen LogP contribution in [0.4, 0.5) is 0 Å². The first-order valence-corrected chi connectivity index (χ1v) is 8.61. The zero-order chi connectivity index (χ0) is 18.8. The molecule has 3 rings (SSSR count). The summed E-state index contributed by atoms with van der Waals surface area (Å²) in [5, 5.41) is 35.4. The van der Waals surface area contributed by atoms with E-state index in [0.717, 1.165) is 11.3 Å². The molecule has 134 valence electrons. The molecule has 4 N–H and O–H groups in total. The molecule has 2 aromatic rings. The SMILES string of the molecule is O=C(N[C@H]1Cc2cccc(C(=O)O)c2OB1O)/C(=N\O)c1csc(S)n1. The molecular formula is C14H12BN3O6S2. The summed E-state index contributed by atoms with van der Waals surface area (Å²) < 4.78 is 5.69. The maximum Gasteiger partial charge on any atom is 0.547 e. The van der Waals surface area contributed by atoms with Crippen molar-refractivity contribution in [3.8, 4) is 5.75 Å². The molecule has 1 atom stereocenters. The third kappa shape index (κ3) is 3.52. The summed E-state index contributed by atoms with van der Waals surface area (Å²) in [6.07, 6.45) is 0.136. The molecule has 0 bridgehead atoms. The van der Waals surface area contributed by atoms with Gasteiger partial charge in [0.05, 0.1) is 11.5 Å². The fourth-order valence-corrected chi connectivity index (χ4v) is 3.34. The number of aromatic nitrogens is 1. The minimum absolute atomic E-state index is 0.0632. The summed E-state index contributed by atoms with van der Waals surface area (Å²) >= 11 is 5.20. The number of fused-ring (bicyclic) bond motifs is 1. The molecule has 1 amide bonds. The molecule has 1 aromatic carbocycles. The van der Waals surface area contributed by atoms with E-state index in [0.29, 0.717) is 9.90 Å². The predicted octanol–water partition coefficient (Wildman–Crippen LogP) is 0.448. The van der Waals surface area contributed by atoms with Crippen LogP contribution in [0, 0.1) is 0 Å². The Morgan fingerprint density at radius 1 is 1.46 bits per heavy atom. The molecule has 2 heterocycles. The van der Waals surface area contributed by atoms with E-state index in [1.807, 2.05) is 0 Å². The minimum atomic E-state index is -1.47. The van der Waals surface area contributed by atoms with Gasteiger partial charge >= 0.3 is 13.1 Å². The Bertz CT molecular complexity index is 903. The number of para-hydroxylation sites is 1. The lowest BCUT2D eigenvalue weighted by atomic mass is 9.72. The number of carboxylic acids is 1. The molecule has 0 saturated heterocycles. The number of thiol groups is 1. The van der Waals surface area contributed by atoms with Gasteiger partial charge in [-0.15, -0.1) is 24.0 Å². The number of carboxylic acid groups (broad SMARTS) is 1. The van der Waals surface area contributed by atoms with Crippen LogP contribution in [0.2, 0.25) is 0 Å². The van der Waals surface area contributed by atoms with Crippen molar-refractivity contribution in [2.24, 2.45) is 5.16 Å². The van der Waals surface area contributed by atoms with Crippen LogP contribution in [0.3, 0.4) is 0 Å². The van der Waals surface area contributed by atoms with E-state index >= 15 is 0 Å². The first kappa shape index (κ1) is 18.2. The highest BCUT2D eigenvalue weighted by Crippen LogP contribution is 2.30. The lowest BCUT2D eigenvalue weighted by molar-refractivity contribution is -0.115. The number of hydrogen-bond acceptors (Lipinski definition) is 9. The van der Waals surface area contributed by atoms with Crippen molar-refractivity contribution in [1.82, 2.24) is 10.3 Å². The molecule has 0 fully saturated rings. The molecule has 1 aromatic heterocycles. The summed E-state index contributed by atoms with van der Waals surface area (Å²) in [5.74, 6) is -2.76. The number of oxime groups is 1. The van der Waals surface area contributed by atoms with E-state index in [9.17, 15) is 19.7 Å². The van der Waals surface area contributed by atoms with Crippen LogP contribution in [0.25, 0.3) is 0 Å². The van der Waals surface area contributed by atoms with Crippen molar-refractivity contribution in [2.75, 3.05) is 0 Å². The van der Waals surface area contributed by atoms with Crippen molar-refractivity contribution in [3.63, 3.8) is 0 Å². The number of carbonyl (C=O) groups is 2. The van der Waals surface area contributed by atoms with Gasteiger partial charge in [0.25, 0.3) is 5.91 Å². The molecule has 0 saturated carbocycles. The second kappa shape index (κ2) is 7.36. The van der Waals surface area contributed by atoms with Crippen molar-refractivity contribution < 1.29 is 29.6 Å². The fraction of sp³-hybridized carbons (Fsp3) is 0.143. The van der Waals surface area contributed by atoms with Crippen molar-refractivity contribution in [1.29, 1.82) is 0 Å². The van der Waals surface area contributed by atoms with Gasteiger partial charge < -0.3 is 25.3 Å². The number of thiazole rings is 1. The van der Waals surface area contributed by atoms with E-state index in [2.05, 4.69) is 28.1 Å². The number of rotatable bonds is 4. The predicted molar refractivity (Wildman–Crippen MR) is 95.3 cm³/mol. The van der Waals surface area contributed by atoms with E-state index in [1.54, 1.807) is 12.1 Å². The van der Waals surface area contributed by atoms with Crippen LogP contribution in [-0.4, -0.2) is 51.0 Å². The van der Waals surface area contributed by atoms with Crippen LogP contribution >= 0.6 is 24.0 Å². The van der Waals surface area contributed by atoms with Gasteiger partial charge in [-0.25, -0.2) is 9.78 Å². The van der Waals surface area contributed by atoms with Gasteiger partial charge in [-0.05, 0) is 18.1 Å². The van der Waals surface area contributed by atoms with Gasteiger partial charge in [0.1, 0.15) is 15.8 Å². The van der Waals surface area contributed by atoms with Crippen LogP contribution in [-0.2, 0) is 11.2 Å². The largest absolute Gasteiger partial charge is 0.547 e. The topological polar surface area (TPSA) is 141 Å². The Hall–Kier alpha value is -2.57. The van der Waals surface area contributed by atoms with Crippen LogP contribution < -0.4 is 9.97 Å². The smallest absolute Gasteiger partial charge is 0.534 e. The van der Waals surface area contributed by atoms with Crippen LogP contribution in [0.15, 0.2) is 33.1 Å². The Labute approximate surface area is 156 Å². The van der Waals surface area contributed by atoms with Crippen molar-refractivity contribution in [2.45, 2.75) is 16.7 Å². The Morgan fingerprint density at radius 3 is 2.85 bits per heavy atom. The van der Waals surface area contributed by atoms with E-state index in [1.165, 1.54) is 11.4 Å². The van der Waals surface area contributed by atoms with E-state index in [-0.39, 0.29) is 29.1 Å². The van der Waals surface area contributed by atoms with E-state index < -0.39 is 24.9 Å². The number of carbonyl (C=O) groups excluding carboxylic acids is 1. The van der Waals surface area contributed by atoms with Crippen LogP contribution in [0.5, 0.6) is 5.75 Å². The molecule has 0 spiro atoms. The normalized spacial score (nSPS) is 16.6. The first-order chi connectivity index (χ1) is 12.4. The second-order valence-electron chi connectivity index (χ2n) is 5.36. The Kier molecular flexibility index (Phi) is 5.16. The third-order valence-corrected chi connectivity index (χ3v) is 4.78. The number of benzene rings is 1.